The van der Waals surface area contributed by atoms with E-state index in [0.717, 1.165) is 16.9 Å². The number of aryl methyl sites for hydroxylation is 1. The summed E-state index contributed by atoms with van der Waals surface area (Å²) >= 11 is 12.8. The first kappa shape index (κ1) is 12.4. The summed E-state index contributed by atoms with van der Waals surface area (Å²) in [5.41, 5.74) is 1.04. The maximum absolute atomic E-state index is 10.6. The smallest absolute Gasteiger partial charge is 0.280 e. The Labute approximate surface area is 112 Å². The van der Waals surface area contributed by atoms with E-state index < -0.39 is 0 Å². The van der Waals surface area contributed by atoms with Gasteiger partial charge in [0.2, 0.25) is 0 Å². The van der Waals surface area contributed by atoms with E-state index >= 15 is 0 Å². The number of rotatable bonds is 3. The number of benzene rings is 1. The van der Waals surface area contributed by atoms with Gasteiger partial charge < -0.3 is 4.74 Å². The lowest BCUT2D eigenvalue weighted by molar-refractivity contribution is 0.112. The molecule has 0 N–H and O–H groups in total. The minimum absolute atomic E-state index is 0.142. The van der Waals surface area contributed by atoms with E-state index in [1.54, 1.807) is 12.1 Å². The molecule has 2 aromatic rings. The predicted molar refractivity (Wildman–Crippen MR) is 68.8 cm³/mol. The second-order valence-corrected chi connectivity index (χ2v) is 5.05. The van der Waals surface area contributed by atoms with E-state index in [1.807, 2.05) is 13.0 Å². The van der Waals surface area contributed by atoms with E-state index in [-0.39, 0.29) is 5.15 Å². The molecule has 0 aliphatic rings. The molecule has 1 aromatic carbocycles. The van der Waals surface area contributed by atoms with Crippen molar-refractivity contribution in [2.75, 3.05) is 0 Å². The van der Waals surface area contributed by atoms with Gasteiger partial charge in [-0.15, -0.1) is 0 Å². The van der Waals surface area contributed by atoms with Gasteiger partial charge in [-0.3, -0.25) is 4.79 Å². The fraction of sp³-hybridized carbons (Fsp3) is 0.0909. The lowest BCUT2D eigenvalue weighted by Crippen LogP contribution is -1.84. The maximum Gasteiger partial charge on any atom is 0.280 e. The fourth-order valence-electron chi connectivity index (χ4n) is 1.19. The Morgan fingerprint density at radius 2 is 2.18 bits per heavy atom. The number of carbonyl (C=O) groups excluding carboxylic acids is 1. The molecule has 0 radical (unpaired) electrons. The lowest BCUT2D eigenvalue weighted by Gasteiger charge is -2.04. The number of nitrogens with zero attached hydrogens (tertiary/aromatic N) is 1. The highest BCUT2D eigenvalue weighted by Gasteiger charge is 2.11. The highest BCUT2D eigenvalue weighted by molar-refractivity contribution is 7.15. The van der Waals surface area contributed by atoms with Crippen molar-refractivity contribution in [2.45, 2.75) is 6.92 Å². The van der Waals surface area contributed by atoms with Crippen LogP contribution in [0.25, 0.3) is 0 Å². The zero-order valence-electron chi connectivity index (χ0n) is 8.74. The molecule has 0 fully saturated rings. The standard InChI is InChI=1S/C11H7Cl2NO2S/c1-6-2-3-8(7(12)4-6)16-11-14-10(13)9(5-15)17-11/h2-5H,1H3. The van der Waals surface area contributed by atoms with Crippen LogP contribution in [0.4, 0.5) is 0 Å². The van der Waals surface area contributed by atoms with Gasteiger partial charge in [-0.05, 0) is 24.6 Å². The second kappa shape index (κ2) is 5.04. The molecule has 3 nitrogen and oxygen atoms in total. The Hall–Kier alpha value is -1.10. The third-order valence-electron chi connectivity index (χ3n) is 1.98. The molecule has 0 aliphatic heterocycles. The number of thiazole rings is 1. The summed E-state index contributed by atoms with van der Waals surface area (Å²) in [4.78, 5) is 14.9. The highest BCUT2D eigenvalue weighted by Crippen LogP contribution is 2.34. The van der Waals surface area contributed by atoms with Gasteiger partial charge >= 0.3 is 0 Å². The van der Waals surface area contributed by atoms with Crippen molar-refractivity contribution in [3.8, 4) is 10.9 Å². The van der Waals surface area contributed by atoms with E-state index in [1.165, 1.54) is 0 Å². The van der Waals surface area contributed by atoms with Gasteiger partial charge in [0.25, 0.3) is 5.19 Å². The Morgan fingerprint density at radius 1 is 1.41 bits per heavy atom. The molecule has 0 atom stereocenters. The maximum atomic E-state index is 10.6. The minimum Gasteiger partial charge on any atom is -0.429 e. The molecule has 17 heavy (non-hydrogen) atoms. The largest absolute Gasteiger partial charge is 0.429 e. The molecule has 0 spiro atoms. The van der Waals surface area contributed by atoms with Crippen molar-refractivity contribution in [3.05, 3.63) is 38.8 Å². The van der Waals surface area contributed by atoms with Gasteiger partial charge in [-0.25, -0.2) is 0 Å². The molecule has 1 heterocycles. The van der Waals surface area contributed by atoms with Crippen LogP contribution in [0.15, 0.2) is 18.2 Å². The van der Waals surface area contributed by atoms with Crippen LogP contribution >= 0.6 is 34.5 Å². The van der Waals surface area contributed by atoms with Crippen LogP contribution in [-0.2, 0) is 0 Å². The van der Waals surface area contributed by atoms with Crippen LogP contribution < -0.4 is 4.74 Å². The molecule has 2 rings (SSSR count). The molecule has 0 aliphatic carbocycles. The van der Waals surface area contributed by atoms with Gasteiger partial charge in [0.15, 0.2) is 11.4 Å². The van der Waals surface area contributed by atoms with Gasteiger partial charge in [0.05, 0.1) is 5.02 Å². The third kappa shape index (κ3) is 2.77. The van der Waals surface area contributed by atoms with E-state index in [9.17, 15) is 4.79 Å². The van der Waals surface area contributed by atoms with Crippen molar-refractivity contribution in [2.24, 2.45) is 0 Å². The topological polar surface area (TPSA) is 39.2 Å². The Balaban J connectivity index is 2.28. The summed E-state index contributed by atoms with van der Waals surface area (Å²) in [7, 11) is 0. The normalized spacial score (nSPS) is 10.3. The van der Waals surface area contributed by atoms with Gasteiger partial charge in [-0.2, -0.15) is 4.98 Å². The number of hydrogen-bond donors (Lipinski definition) is 0. The molecule has 0 bridgehead atoms. The first-order valence-corrected chi connectivity index (χ1v) is 6.23. The van der Waals surface area contributed by atoms with Gasteiger partial charge in [0.1, 0.15) is 10.6 Å². The van der Waals surface area contributed by atoms with Crippen molar-refractivity contribution >= 4 is 40.8 Å². The molecule has 88 valence electrons. The summed E-state index contributed by atoms with van der Waals surface area (Å²) in [6.07, 6.45) is 0.642. The first-order valence-electron chi connectivity index (χ1n) is 4.65. The number of ether oxygens (including phenoxy) is 1. The molecule has 0 saturated heterocycles. The summed E-state index contributed by atoms with van der Waals surface area (Å²) in [5, 5.41) is 0.926. The SMILES string of the molecule is Cc1ccc(Oc2nc(Cl)c(C=O)s2)c(Cl)c1. The van der Waals surface area contributed by atoms with Crippen LogP contribution in [0.5, 0.6) is 10.9 Å². The number of halogens is 2. The Bertz CT molecular complexity index is 569. The van der Waals surface area contributed by atoms with Gasteiger partial charge in [0, 0.05) is 0 Å². The number of aromatic nitrogens is 1. The van der Waals surface area contributed by atoms with Crippen molar-refractivity contribution in [1.82, 2.24) is 4.98 Å². The number of carbonyl (C=O) groups is 1. The Morgan fingerprint density at radius 3 is 2.76 bits per heavy atom. The molecular formula is C11H7Cl2NO2S. The third-order valence-corrected chi connectivity index (χ3v) is 3.54. The first-order chi connectivity index (χ1) is 8.10. The van der Waals surface area contributed by atoms with Crippen LogP contribution in [0, 0.1) is 6.92 Å². The zero-order chi connectivity index (χ0) is 12.4. The average molecular weight is 288 g/mol. The highest BCUT2D eigenvalue weighted by atomic mass is 35.5. The molecule has 0 amide bonds. The van der Waals surface area contributed by atoms with Crippen LogP contribution in [0.2, 0.25) is 10.2 Å². The summed E-state index contributed by atoms with van der Waals surface area (Å²) in [6, 6.07) is 5.40. The van der Waals surface area contributed by atoms with Gasteiger partial charge in [-0.1, -0.05) is 40.6 Å². The minimum atomic E-state index is 0.142. The molecular weight excluding hydrogens is 281 g/mol. The summed E-state index contributed by atoms with van der Waals surface area (Å²) in [6.45, 7) is 1.93. The summed E-state index contributed by atoms with van der Waals surface area (Å²) in [5.74, 6) is 0.486. The van der Waals surface area contributed by atoms with Crippen LogP contribution in [0.1, 0.15) is 15.2 Å². The fourth-order valence-corrected chi connectivity index (χ4v) is 2.39. The zero-order valence-corrected chi connectivity index (χ0v) is 11.1. The number of hydrogen-bond acceptors (Lipinski definition) is 4. The van der Waals surface area contributed by atoms with Crippen molar-refractivity contribution in [3.63, 3.8) is 0 Å². The van der Waals surface area contributed by atoms with Crippen LogP contribution in [0.3, 0.4) is 0 Å². The average Bonchev–Trinajstić information content (AvgIpc) is 2.63. The Kier molecular flexibility index (Phi) is 3.66. The second-order valence-electron chi connectivity index (χ2n) is 3.29. The lowest BCUT2D eigenvalue weighted by atomic mass is 10.2. The van der Waals surface area contributed by atoms with E-state index in [4.69, 9.17) is 27.9 Å². The molecule has 0 saturated carbocycles. The van der Waals surface area contributed by atoms with Crippen LogP contribution in [-0.4, -0.2) is 11.3 Å². The van der Waals surface area contributed by atoms with Crippen molar-refractivity contribution in [1.29, 1.82) is 0 Å². The predicted octanol–water partition coefficient (Wildman–Crippen LogP) is 4.36. The quantitative estimate of drug-likeness (QED) is 0.787. The summed E-state index contributed by atoms with van der Waals surface area (Å²) < 4.78 is 5.46. The van der Waals surface area contributed by atoms with Crippen molar-refractivity contribution < 1.29 is 9.53 Å². The number of aldehydes is 1. The van der Waals surface area contributed by atoms with E-state index in [2.05, 4.69) is 4.98 Å². The monoisotopic (exact) mass is 287 g/mol. The molecule has 6 heteroatoms. The molecule has 0 unspecified atom stereocenters. The molecule has 1 aromatic heterocycles. The van der Waals surface area contributed by atoms with E-state index in [0.29, 0.717) is 27.1 Å².